The minimum absolute atomic E-state index is 0. The van der Waals surface area contributed by atoms with Crippen LogP contribution in [-0.2, 0) is 20.1 Å². The standard InChI is InChI=1S/C13H7FNO.C12H10N.Ir/c14-10-3-1-9(2-4-10)13-11-6-8-16-12(11)5-7-15-13;1-10-6-5-9-12(13-10)11-7-3-2-4-8-11;/h1,3-8H;2-7,9H,1H3;/q2*-1;. The molecule has 5 aromatic rings. The van der Waals surface area contributed by atoms with Gasteiger partial charge < -0.3 is 14.4 Å². The number of fused-ring (bicyclic) bond motifs is 1. The Labute approximate surface area is 188 Å². The molecule has 0 N–H and O–H groups in total. The van der Waals surface area contributed by atoms with Gasteiger partial charge in [-0.15, -0.1) is 65.7 Å². The van der Waals surface area contributed by atoms with Gasteiger partial charge >= 0.3 is 0 Å². The van der Waals surface area contributed by atoms with Crippen molar-refractivity contribution in [3.63, 3.8) is 0 Å². The van der Waals surface area contributed by atoms with Gasteiger partial charge in [-0.3, -0.25) is 4.39 Å². The Morgan fingerprint density at radius 3 is 2.53 bits per heavy atom. The van der Waals surface area contributed by atoms with Crippen LogP contribution in [0.2, 0.25) is 0 Å². The second-order valence-electron chi connectivity index (χ2n) is 6.35. The SMILES string of the molecule is Cc1cccc(-c2[c-]cccc2)n1.Fc1c[c-]c(-c2nccc3occc23)cc1.[Ir]. The predicted molar refractivity (Wildman–Crippen MR) is 111 cm³/mol. The zero-order valence-electron chi connectivity index (χ0n) is 16.1. The molecular formula is C25H17FIrN2O-2. The van der Waals surface area contributed by atoms with Gasteiger partial charge in [0.25, 0.3) is 0 Å². The number of nitrogens with zero attached hydrogens (tertiary/aromatic N) is 2. The van der Waals surface area contributed by atoms with Gasteiger partial charge in [-0.1, -0.05) is 12.1 Å². The van der Waals surface area contributed by atoms with Gasteiger partial charge in [-0.25, -0.2) is 0 Å². The molecule has 3 nitrogen and oxygen atoms in total. The van der Waals surface area contributed by atoms with Gasteiger partial charge in [0.1, 0.15) is 5.58 Å². The van der Waals surface area contributed by atoms with Crippen molar-refractivity contribution in [3.05, 3.63) is 109 Å². The fourth-order valence-electron chi connectivity index (χ4n) is 2.91. The van der Waals surface area contributed by atoms with Crippen LogP contribution in [0.15, 0.2) is 89.7 Å². The average molecular weight is 573 g/mol. The van der Waals surface area contributed by atoms with E-state index in [2.05, 4.69) is 22.1 Å². The summed E-state index contributed by atoms with van der Waals surface area (Å²) < 4.78 is 18.1. The number of halogens is 1. The van der Waals surface area contributed by atoms with Crippen LogP contribution in [0.4, 0.5) is 4.39 Å². The Kier molecular flexibility index (Phi) is 7.23. The first-order chi connectivity index (χ1) is 14.2. The number of furan rings is 1. The molecule has 0 amide bonds. The van der Waals surface area contributed by atoms with Crippen molar-refractivity contribution < 1.29 is 28.9 Å². The minimum atomic E-state index is -0.303. The number of hydrogen-bond acceptors (Lipinski definition) is 3. The number of hydrogen-bond donors (Lipinski definition) is 0. The average Bonchev–Trinajstić information content (AvgIpc) is 3.25. The molecule has 30 heavy (non-hydrogen) atoms. The first-order valence-corrected chi connectivity index (χ1v) is 9.11. The molecule has 0 unspecified atom stereocenters. The summed E-state index contributed by atoms with van der Waals surface area (Å²) in [5.74, 6) is -0.303. The van der Waals surface area contributed by atoms with Crippen molar-refractivity contribution in [1.82, 2.24) is 9.97 Å². The van der Waals surface area contributed by atoms with Crippen LogP contribution in [-0.4, -0.2) is 9.97 Å². The van der Waals surface area contributed by atoms with E-state index in [1.165, 1.54) is 12.1 Å². The molecule has 0 aliphatic heterocycles. The van der Waals surface area contributed by atoms with E-state index in [4.69, 9.17) is 4.42 Å². The quantitative estimate of drug-likeness (QED) is 0.234. The summed E-state index contributed by atoms with van der Waals surface area (Å²) in [6.07, 6.45) is 3.28. The van der Waals surface area contributed by atoms with Crippen molar-refractivity contribution in [1.29, 1.82) is 0 Å². The summed E-state index contributed by atoms with van der Waals surface area (Å²) in [5, 5.41) is 0.908. The second kappa shape index (κ2) is 10.1. The van der Waals surface area contributed by atoms with Gasteiger partial charge in [-0.05, 0) is 36.5 Å². The van der Waals surface area contributed by atoms with Crippen LogP contribution in [0.1, 0.15) is 5.69 Å². The number of aromatic nitrogens is 2. The van der Waals surface area contributed by atoms with E-state index < -0.39 is 0 Å². The monoisotopic (exact) mass is 573 g/mol. The summed E-state index contributed by atoms with van der Waals surface area (Å²) in [6.45, 7) is 1.99. The minimum Gasteiger partial charge on any atom is -0.465 e. The Hall–Kier alpha value is -3.14. The van der Waals surface area contributed by atoms with Gasteiger partial charge in [0, 0.05) is 43.2 Å². The number of aryl methyl sites for hydroxylation is 1. The van der Waals surface area contributed by atoms with E-state index in [1.54, 1.807) is 24.6 Å². The van der Waals surface area contributed by atoms with Crippen LogP contribution in [0.3, 0.4) is 0 Å². The second-order valence-corrected chi connectivity index (χ2v) is 6.35. The normalized spacial score (nSPS) is 10.1. The molecule has 1 radical (unpaired) electrons. The molecule has 151 valence electrons. The van der Waals surface area contributed by atoms with Crippen LogP contribution in [0.25, 0.3) is 33.5 Å². The van der Waals surface area contributed by atoms with Gasteiger partial charge in [-0.2, -0.15) is 0 Å². The first kappa shape index (κ1) is 21.6. The van der Waals surface area contributed by atoms with E-state index >= 15 is 0 Å². The molecule has 0 aliphatic carbocycles. The summed E-state index contributed by atoms with van der Waals surface area (Å²) in [5.41, 5.74) is 5.35. The van der Waals surface area contributed by atoms with E-state index in [0.29, 0.717) is 0 Å². The zero-order chi connectivity index (χ0) is 20.1. The molecule has 2 aromatic carbocycles. The molecule has 5 rings (SSSR count). The van der Waals surface area contributed by atoms with Crippen LogP contribution in [0.5, 0.6) is 0 Å². The van der Waals surface area contributed by atoms with Crippen molar-refractivity contribution in [3.8, 4) is 22.5 Å². The number of benzene rings is 2. The molecule has 0 saturated carbocycles. The van der Waals surface area contributed by atoms with Gasteiger partial charge in [0.05, 0.1) is 6.26 Å². The molecule has 3 aromatic heterocycles. The predicted octanol–water partition coefficient (Wildman–Crippen LogP) is 6.29. The van der Waals surface area contributed by atoms with Crippen LogP contribution < -0.4 is 0 Å². The molecule has 0 fully saturated rings. The molecule has 0 atom stereocenters. The third kappa shape index (κ3) is 5.06. The Morgan fingerprint density at radius 1 is 0.900 bits per heavy atom. The molecule has 3 heterocycles. The zero-order valence-corrected chi connectivity index (χ0v) is 18.5. The van der Waals surface area contributed by atoms with Gasteiger partial charge in [0.2, 0.25) is 0 Å². The fraction of sp³-hybridized carbons (Fsp3) is 0.0400. The smallest absolute Gasteiger partial charge is 0.128 e. The Bertz CT molecular complexity index is 1220. The first-order valence-electron chi connectivity index (χ1n) is 9.11. The molecular weight excluding hydrogens is 556 g/mol. The topological polar surface area (TPSA) is 38.9 Å². The van der Waals surface area contributed by atoms with Crippen molar-refractivity contribution >= 4 is 11.0 Å². The summed E-state index contributed by atoms with van der Waals surface area (Å²) in [4.78, 5) is 8.68. The van der Waals surface area contributed by atoms with Crippen LogP contribution >= 0.6 is 0 Å². The number of rotatable bonds is 2. The Balaban J connectivity index is 0.000000169. The maximum Gasteiger partial charge on any atom is 0.128 e. The van der Waals surface area contributed by atoms with E-state index in [-0.39, 0.29) is 25.9 Å². The summed E-state index contributed by atoms with van der Waals surface area (Å²) in [7, 11) is 0. The van der Waals surface area contributed by atoms with Crippen molar-refractivity contribution in [2.24, 2.45) is 0 Å². The fourth-order valence-corrected chi connectivity index (χ4v) is 2.91. The van der Waals surface area contributed by atoms with Crippen LogP contribution in [0, 0.1) is 24.9 Å². The van der Waals surface area contributed by atoms with Gasteiger partial charge in [0.15, 0.2) is 0 Å². The summed E-state index contributed by atoms with van der Waals surface area (Å²) >= 11 is 0. The molecule has 5 heteroatoms. The maximum absolute atomic E-state index is 12.8. The van der Waals surface area contributed by atoms with Crippen molar-refractivity contribution in [2.45, 2.75) is 6.92 Å². The molecule has 0 bridgehead atoms. The largest absolute Gasteiger partial charge is 0.465 e. The van der Waals surface area contributed by atoms with E-state index in [0.717, 1.165) is 39.2 Å². The number of pyridine rings is 2. The van der Waals surface area contributed by atoms with E-state index in [1.807, 2.05) is 55.5 Å². The third-order valence-corrected chi connectivity index (χ3v) is 4.28. The maximum atomic E-state index is 12.8. The molecule has 0 saturated heterocycles. The molecule has 0 spiro atoms. The molecule has 0 aliphatic rings. The Morgan fingerprint density at radius 2 is 1.80 bits per heavy atom. The summed E-state index contributed by atoms with van der Waals surface area (Å²) in [6, 6.07) is 27.9. The van der Waals surface area contributed by atoms with E-state index in [9.17, 15) is 4.39 Å². The van der Waals surface area contributed by atoms with Crippen molar-refractivity contribution in [2.75, 3.05) is 0 Å². The third-order valence-electron chi connectivity index (χ3n) is 4.28.